The molecule has 2 rings (SSSR count). The second-order valence-electron chi connectivity index (χ2n) is 6.99. The van der Waals surface area contributed by atoms with Gasteiger partial charge in [0.25, 0.3) is 5.91 Å². The van der Waals surface area contributed by atoms with E-state index in [1.165, 1.54) is 4.90 Å². The number of benzene rings is 1. The average molecular weight is 485 g/mol. The Hall–Kier alpha value is -1.85. The molecule has 1 saturated heterocycles. The van der Waals surface area contributed by atoms with Crippen LogP contribution in [0.3, 0.4) is 0 Å². The standard InChI is InChI=1S/C19H24ClF3N2O5S/c1-3-24(4-2)17(26)12-30-18(27)13-7-9-25(10-8-13)31(28,29)14-5-6-16(20)15(11-14)19(21,22)23/h5-6,11,13H,3-4,7-10,12H2,1-2H3. The molecular weight excluding hydrogens is 461 g/mol. The fourth-order valence-corrected chi connectivity index (χ4v) is 5.00. The van der Waals surface area contributed by atoms with Crippen LogP contribution in [0.25, 0.3) is 0 Å². The summed E-state index contributed by atoms with van der Waals surface area (Å²) < 4.78 is 70.8. The van der Waals surface area contributed by atoms with E-state index in [0.717, 1.165) is 16.4 Å². The molecule has 1 aliphatic rings. The maximum absolute atomic E-state index is 13.1. The summed E-state index contributed by atoms with van der Waals surface area (Å²) in [5.41, 5.74) is -1.23. The van der Waals surface area contributed by atoms with Crippen molar-refractivity contribution in [2.75, 3.05) is 32.8 Å². The van der Waals surface area contributed by atoms with Gasteiger partial charge in [0.1, 0.15) is 0 Å². The molecule has 0 bridgehead atoms. The largest absolute Gasteiger partial charge is 0.455 e. The van der Waals surface area contributed by atoms with Gasteiger partial charge in [-0.1, -0.05) is 11.6 Å². The van der Waals surface area contributed by atoms with Gasteiger partial charge in [-0.05, 0) is 44.9 Å². The molecule has 0 unspecified atom stereocenters. The molecule has 0 N–H and O–H groups in total. The van der Waals surface area contributed by atoms with Gasteiger partial charge in [0, 0.05) is 26.2 Å². The van der Waals surface area contributed by atoms with E-state index in [-0.39, 0.29) is 38.4 Å². The van der Waals surface area contributed by atoms with E-state index in [1.807, 2.05) is 0 Å². The number of rotatable bonds is 7. The van der Waals surface area contributed by atoms with Crippen LogP contribution in [0.1, 0.15) is 32.3 Å². The van der Waals surface area contributed by atoms with Crippen LogP contribution < -0.4 is 0 Å². The Balaban J connectivity index is 2.00. The number of alkyl halides is 3. The number of carbonyl (C=O) groups excluding carboxylic acids is 2. The molecule has 1 aliphatic heterocycles. The number of sulfonamides is 1. The molecule has 12 heteroatoms. The van der Waals surface area contributed by atoms with Gasteiger partial charge in [-0.15, -0.1) is 0 Å². The number of halogens is 4. The maximum atomic E-state index is 13.1. The molecule has 0 atom stereocenters. The second kappa shape index (κ2) is 10.2. The smallest absolute Gasteiger partial charge is 0.417 e. The van der Waals surface area contributed by atoms with Gasteiger partial charge in [0.15, 0.2) is 6.61 Å². The van der Waals surface area contributed by atoms with Crippen LogP contribution in [0.5, 0.6) is 0 Å². The van der Waals surface area contributed by atoms with Crippen LogP contribution in [0.15, 0.2) is 23.1 Å². The number of carbonyl (C=O) groups is 2. The quantitative estimate of drug-likeness (QED) is 0.555. The van der Waals surface area contributed by atoms with E-state index in [9.17, 15) is 31.2 Å². The van der Waals surface area contributed by atoms with E-state index in [1.54, 1.807) is 13.8 Å². The molecule has 0 aliphatic carbocycles. The highest BCUT2D eigenvalue weighted by molar-refractivity contribution is 7.89. The number of piperidine rings is 1. The van der Waals surface area contributed by atoms with Crippen LogP contribution in [-0.2, 0) is 30.5 Å². The molecule has 1 amide bonds. The lowest BCUT2D eigenvalue weighted by Gasteiger charge is -2.30. The van der Waals surface area contributed by atoms with Crippen molar-refractivity contribution >= 4 is 33.5 Å². The van der Waals surface area contributed by atoms with Crippen molar-refractivity contribution in [3.05, 3.63) is 28.8 Å². The topological polar surface area (TPSA) is 84.0 Å². The SMILES string of the molecule is CCN(CC)C(=O)COC(=O)C1CCN(S(=O)(=O)c2ccc(Cl)c(C(F)(F)F)c2)CC1. The van der Waals surface area contributed by atoms with Crippen molar-refractivity contribution in [3.63, 3.8) is 0 Å². The van der Waals surface area contributed by atoms with Crippen LogP contribution in [0, 0.1) is 5.92 Å². The van der Waals surface area contributed by atoms with E-state index in [4.69, 9.17) is 16.3 Å². The van der Waals surface area contributed by atoms with Crippen LogP contribution in [-0.4, -0.2) is 62.3 Å². The lowest BCUT2D eigenvalue weighted by molar-refractivity contribution is -0.156. The summed E-state index contributed by atoms with van der Waals surface area (Å²) in [4.78, 5) is 25.1. The van der Waals surface area contributed by atoms with Gasteiger partial charge in [0.05, 0.1) is 21.4 Å². The zero-order chi connectivity index (χ0) is 23.4. The molecule has 0 spiro atoms. The molecule has 1 heterocycles. The molecule has 31 heavy (non-hydrogen) atoms. The minimum atomic E-state index is -4.79. The number of nitrogens with zero attached hydrogens (tertiary/aromatic N) is 2. The van der Waals surface area contributed by atoms with E-state index >= 15 is 0 Å². The van der Waals surface area contributed by atoms with Gasteiger partial charge in [-0.2, -0.15) is 17.5 Å². The zero-order valence-corrected chi connectivity index (χ0v) is 18.7. The molecule has 0 saturated carbocycles. The first kappa shape index (κ1) is 25.4. The van der Waals surface area contributed by atoms with E-state index in [2.05, 4.69) is 0 Å². The number of esters is 1. The van der Waals surface area contributed by atoms with Crippen molar-refractivity contribution in [2.24, 2.45) is 5.92 Å². The zero-order valence-electron chi connectivity index (χ0n) is 17.1. The Kier molecular flexibility index (Phi) is 8.34. The predicted octanol–water partition coefficient (Wildman–Crippen LogP) is 3.17. The highest BCUT2D eigenvalue weighted by atomic mass is 35.5. The monoisotopic (exact) mass is 484 g/mol. The number of amides is 1. The Morgan fingerprint density at radius 3 is 2.29 bits per heavy atom. The summed E-state index contributed by atoms with van der Waals surface area (Å²) in [6.45, 7) is 4.08. The molecule has 1 aromatic carbocycles. The van der Waals surface area contributed by atoms with E-state index in [0.29, 0.717) is 19.2 Å². The van der Waals surface area contributed by atoms with Gasteiger partial charge < -0.3 is 9.64 Å². The minimum Gasteiger partial charge on any atom is -0.455 e. The molecular formula is C19H24ClF3N2O5S. The molecule has 174 valence electrons. The summed E-state index contributed by atoms with van der Waals surface area (Å²) in [6, 6.07) is 2.43. The number of likely N-dealkylation sites (N-methyl/N-ethyl adjacent to an activating group) is 1. The molecule has 1 fully saturated rings. The Bertz CT molecular complexity index is 912. The summed E-state index contributed by atoms with van der Waals surface area (Å²) >= 11 is 5.55. The van der Waals surface area contributed by atoms with Crippen molar-refractivity contribution in [2.45, 2.75) is 37.8 Å². The average Bonchev–Trinajstić information content (AvgIpc) is 2.72. The molecule has 0 radical (unpaired) electrons. The highest BCUT2D eigenvalue weighted by Gasteiger charge is 2.37. The van der Waals surface area contributed by atoms with Gasteiger partial charge in [0.2, 0.25) is 10.0 Å². The fourth-order valence-electron chi connectivity index (χ4n) is 3.28. The van der Waals surface area contributed by atoms with Gasteiger partial charge in [-0.25, -0.2) is 8.42 Å². The third-order valence-electron chi connectivity index (χ3n) is 5.12. The number of hydrogen-bond donors (Lipinski definition) is 0. The summed E-state index contributed by atoms with van der Waals surface area (Å²) in [6.07, 6.45) is -4.52. The molecule has 7 nitrogen and oxygen atoms in total. The fraction of sp³-hybridized carbons (Fsp3) is 0.579. The van der Waals surface area contributed by atoms with Gasteiger partial charge in [-0.3, -0.25) is 9.59 Å². The van der Waals surface area contributed by atoms with Crippen molar-refractivity contribution in [1.29, 1.82) is 0 Å². The first-order valence-electron chi connectivity index (χ1n) is 9.73. The summed E-state index contributed by atoms with van der Waals surface area (Å²) in [5, 5.41) is -0.591. The third-order valence-corrected chi connectivity index (χ3v) is 7.35. The highest BCUT2D eigenvalue weighted by Crippen LogP contribution is 2.36. The third kappa shape index (κ3) is 6.11. The Morgan fingerprint density at radius 1 is 1.19 bits per heavy atom. The Labute approximate surface area is 184 Å². The normalized spacial score (nSPS) is 16.2. The molecule has 1 aromatic rings. The summed E-state index contributed by atoms with van der Waals surface area (Å²) in [5.74, 6) is -1.50. The summed E-state index contributed by atoms with van der Waals surface area (Å²) in [7, 11) is -4.19. The van der Waals surface area contributed by atoms with Crippen LogP contribution in [0.4, 0.5) is 13.2 Å². The lowest BCUT2D eigenvalue weighted by Crippen LogP contribution is -2.41. The molecule has 0 aromatic heterocycles. The van der Waals surface area contributed by atoms with Crippen LogP contribution in [0.2, 0.25) is 5.02 Å². The van der Waals surface area contributed by atoms with Crippen molar-refractivity contribution in [3.8, 4) is 0 Å². The minimum absolute atomic E-state index is 0.0595. The van der Waals surface area contributed by atoms with Crippen molar-refractivity contribution in [1.82, 2.24) is 9.21 Å². The maximum Gasteiger partial charge on any atom is 0.417 e. The van der Waals surface area contributed by atoms with Crippen molar-refractivity contribution < 1.29 is 35.9 Å². The van der Waals surface area contributed by atoms with Gasteiger partial charge >= 0.3 is 12.1 Å². The predicted molar refractivity (Wildman–Crippen MR) is 107 cm³/mol. The first-order chi connectivity index (χ1) is 14.4. The first-order valence-corrected chi connectivity index (χ1v) is 11.5. The van der Waals surface area contributed by atoms with E-state index < -0.39 is 43.6 Å². The Morgan fingerprint density at radius 2 is 1.77 bits per heavy atom. The second-order valence-corrected chi connectivity index (χ2v) is 9.34. The number of hydrogen-bond acceptors (Lipinski definition) is 5. The lowest BCUT2D eigenvalue weighted by atomic mass is 9.98. The number of ether oxygens (including phenoxy) is 1. The van der Waals surface area contributed by atoms with Crippen LogP contribution >= 0.6 is 11.6 Å².